The summed E-state index contributed by atoms with van der Waals surface area (Å²) in [7, 11) is 0. The molecular formula is C11H19NO9. The molecule has 21 heavy (non-hydrogen) atoms. The SMILES string of the molecule is CC(=O)N[C@H]1[C@H]([C@@H](O)[C@@H](O)CO)O[C@@](O)(C(=O)O)C[C@H]1O. The Morgan fingerprint density at radius 2 is 2.00 bits per heavy atom. The smallest absolute Gasteiger partial charge is 0.364 e. The van der Waals surface area contributed by atoms with Crippen LogP contribution in [-0.4, -0.2) is 85.4 Å². The van der Waals surface area contributed by atoms with Gasteiger partial charge in [-0.15, -0.1) is 0 Å². The lowest BCUT2D eigenvalue weighted by molar-refractivity contribution is -0.295. The van der Waals surface area contributed by atoms with E-state index in [-0.39, 0.29) is 0 Å². The van der Waals surface area contributed by atoms with E-state index in [1.165, 1.54) is 0 Å². The molecule has 10 nitrogen and oxygen atoms in total. The summed E-state index contributed by atoms with van der Waals surface area (Å²) in [5, 5.41) is 59.0. The van der Waals surface area contributed by atoms with E-state index in [1.54, 1.807) is 0 Å². The second-order valence-corrected chi connectivity index (χ2v) is 4.91. The number of carbonyl (C=O) groups excluding carboxylic acids is 1. The second-order valence-electron chi connectivity index (χ2n) is 4.91. The summed E-state index contributed by atoms with van der Waals surface area (Å²) in [6, 6.07) is -1.27. The third-order valence-electron chi connectivity index (χ3n) is 3.21. The van der Waals surface area contributed by atoms with E-state index in [2.05, 4.69) is 5.32 Å². The number of hydrogen-bond acceptors (Lipinski definition) is 8. The Bertz CT molecular complexity index is 403. The lowest BCUT2D eigenvalue weighted by Crippen LogP contribution is -2.67. The van der Waals surface area contributed by atoms with Crippen LogP contribution in [0.15, 0.2) is 0 Å². The van der Waals surface area contributed by atoms with Gasteiger partial charge in [0.1, 0.15) is 18.3 Å². The van der Waals surface area contributed by atoms with Gasteiger partial charge in [-0.25, -0.2) is 4.79 Å². The van der Waals surface area contributed by atoms with Crippen LogP contribution in [-0.2, 0) is 14.3 Å². The van der Waals surface area contributed by atoms with Crippen LogP contribution in [0.5, 0.6) is 0 Å². The van der Waals surface area contributed by atoms with Crippen molar-refractivity contribution in [1.82, 2.24) is 5.32 Å². The van der Waals surface area contributed by atoms with Crippen molar-refractivity contribution in [2.45, 2.75) is 49.6 Å². The number of hydrogen-bond donors (Lipinski definition) is 7. The maximum atomic E-state index is 11.1. The molecule has 1 saturated heterocycles. The van der Waals surface area contributed by atoms with Crippen molar-refractivity contribution >= 4 is 11.9 Å². The summed E-state index contributed by atoms with van der Waals surface area (Å²) >= 11 is 0. The van der Waals surface area contributed by atoms with Gasteiger partial charge in [0.2, 0.25) is 5.91 Å². The summed E-state index contributed by atoms with van der Waals surface area (Å²) in [4.78, 5) is 22.1. The number of carboxylic acids is 1. The van der Waals surface area contributed by atoms with Gasteiger partial charge in [0.05, 0.1) is 18.8 Å². The third-order valence-corrected chi connectivity index (χ3v) is 3.21. The number of aliphatic hydroxyl groups is 5. The summed E-state index contributed by atoms with van der Waals surface area (Å²) < 4.78 is 4.86. The summed E-state index contributed by atoms with van der Waals surface area (Å²) in [6.07, 6.45) is -7.48. The minimum absolute atomic E-state index is 0.598. The summed E-state index contributed by atoms with van der Waals surface area (Å²) in [5.74, 6) is -5.17. The van der Waals surface area contributed by atoms with Crippen molar-refractivity contribution in [3.63, 3.8) is 0 Å². The minimum atomic E-state index is -2.78. The molecule has 0 radical (unpaired) electrons. The molecule has 10 heteroatoms. The first-order valence-corrected chi connectivity index (χ1v) is 6.18. The van der Waals surface area contributed by atoms with Gasteiger partial charge in [0, 0.05) is 13.3 Å². The Hall–Kier alpha value is -1.30. The zero-order chi connectivity index (χ0) is 16.4. The number of carbonyl (C=O) groups is 2. The Morgan fingerprint density at radius 3 is 2.43 bits per heavy atom. The first-order valence-electron chi connectivity index (χ1n) is 6.18. The molecule has 1 aliphatic heterocycles. The number of ether oxygens (including phenoxy) is 1. The molecule has 7 N–H and O–H groups in total. The highest BCUT2D eigenvalue weighted by Crippen LogP contribution is 2.30. The molecule has 0 aliphatic carbocycles. The molecule has 0 bridgehead atoms. The van der Waals surface area contributed by atoms with Crippen LogP contribution >= 0.6 is 0 Å². The molecule has 1 aliphatic rings. The van der Waals surface area contributed by atoms with Crippen molar-refractivity contribution in [2.24, 2.45) is 0 Å². The van der Waals surface area contributed by atoms with Crippen LogP contribution in [0.3, 0.4) is 0 Å². The molecule has 0 spiro atoms. The lowest BCUT2D eigenvalue weighted by atomic mass is 9.88. The predicted molar refractivity (Wildman–Crippen MR) is 64.8 cm³/mol. The summed E-state index contributed by atoms with van der Waals surface area (Å²) in [5.41, 5.74) is 0. The monoisotopic (exact) mass is 309 g/mol. The molecule has 122 valence electrons. The molecule has 1 fully saturated rings. The van der Waals surface area contributed by atoms with Gasteiger partial charge in [-0.1, -0.05) is 0 Å². The summed E-state index contributed by atoms with van der Waals surface area (Å²) in [6.45, 7) is 0.256. The van der Waals surface area contributed by atoms with E-state index in [9.17, 15) is 30.0 Å². The molecule has 0 saturated carbocycles. The van der Waals surface area contributed by atoms with Crippen LogP contribution in [0.4, 0.5) is 0 Å². The van der Waals surface area contributed by atoms with Crippen molar-refractivity contribution in [1.29, 1.82) is 0 Å². The standard InChI is InChI=1S/C11H19NO9/c1-4(14)12-7-5(15)2-11(20,10(18)19)21-9(7)8(17)6(16)3-13/h5-9,13,15-17,20H,2-3H2,1H3,(H,12,14)(H,18,19)/t5-,6+,7-,8+,9-,11-/m1/s1. The Kier molecular flexibility index (Phi) is 5.61. The zero-order valence-electron chi connectivity index (χ0n) is 11.2. The first-order chi connectivity index (χ1) is 9.62. The predicted octanol–water partition coefficient (Wildman–Crippen LogP) is -3.87. The van der Waals surface area contributed by atoms with Crippen LogP contribution in [0.25, 0.3) is 0 Å². The van der Waals surface area contributed by atoms with E-state index in [0.717, 1.165) is 6.92 Å². The molecule has 1 heterocycles. The van der Waals surface area contributed by atoms with Crippen LogP contribution in [0.2, 0.25) is 0 Å². The highest BCUT2D eigenvalue weighted by atomic mass is 16.7. The van der Waals surface area contributed by atoms with Crippen molar-refractivity contribution < 1.29 is 45.0 Å². The molecular weight excluding hydrogens is 290 g/mol. The minimum Gasteiger partial charge on any atom is -0.477 e. The van der Waals surface area contributed by atoms with Gasteiger partial charge in [-0.05, 0) is 0 Å². The molecule has 1 rings (SSSR count). The topological polar surface area (TPSA) is 177 Å². The van der Waals surface area contributed by atoms with Crippen LogP contribution in [0.1, 0.15) is 13.3 Å². The number of aliphatic hydroxyl groups excluding tert-OH is 4. The fraction of sp³-hybridized carbons (Fsp3) is 0.818. The number of aliphatic carboxylic acids is 1. The molecule has 0 aromatic carbocycles. The fourth-order valence-corrected chi connectivity index (χ4v) is 2.14. The molecule has 0 aromatic rings. The fourth-order valence-electron chi connectivity index (χ4n) is 2.14. The maximum absolute atomic E-state index is 11.1. The van der Waals surface area contributed by atoms with Crippen molar-refractivity contribution in [2.75, 3.05) is 6.61 Å². The Balaban J connectivity index is 3.07. The molecule has 6 atom stereocenters. The highest BCUT2D eigenvalue weighted by Gasteiger charge is 2.53. The zero-order valence-corrected chi connectivity index (χ0v) is 11.2. The van der Waals surface area contributed by atoms with Gasteiger partial charge in [0.25, 0.3) is 5.79 Å². The number of amides is 1. The van der Waals surface area contributed by atoms with Gasteiger partial charge >= 0.3 is 5.97 Å². The molecule has 1 amide bonds. The average molecular weight is 309 g/mol. The van der Waals surface area contributed by atoms with Crippen LogP contribution in [0, 0.1) is 0 Å². The lowest BCUT2D eigenvalue weighted by Gasteiger charge is -2.44. The number of nitrogens with one attached hydrogen (secondary N) is 1. The highest BCUT2D eigenvalue weighted by molar-refractivity contribution is 5.76. The van der Waals surface area contributed by atoms with Crippen molar-refractivity contribution in [3.8, 4) is 0 Å². The maximum Gasteiger partial charge on any atom is 0.364 e. The second kappa shape index (κ2) is 6.64. The first kappa shape index (κ1) is 17.8. The van der Waals surface area contributed by atoms with Crippen molar-refractivity contribution in [3.05, 3.63) is 0 Å². The van der Waals surface area contributed by atoms with E-state index < -0.39 is 61.1 Å². The van der Waals surface area contributed by atoms with Gasteiger partial charge in [-0.3, -0.25) is 4.79 Å². The molecule has 0 unspecified atom stereocenters. The van der Waals surface area contributed by atoms with Gasteiger partial charge < -0.3 is 40.7 Å². The normalized spacial score (nSPS) is 35.8. The number of carboxylic acid groups (broad SMARTS) is 1. The Labute approximate surface area is 119 Å². The van der Waals surface area contributed by atoms with Gasteiger partial charge in [-0.2, -0.15) is 0 Å². The number of rotatable bonds is 5. The average Bonchev–Trinajstić information content (AvgIpc) is 2.39. The molecule has 0 aromatic heterocycles. The van der Waals surface area contributed by atoms with E-state index in [0.29, 0.717) is 0 Å². The van der Waals surface area contributed by atoms with E-state index in [1.807, 2.05) is 0 Å². The van der Waals surface area contributed by atoms with Gasteiger partial charge in [0.15, 0.2) is 0 Å². The Morgan fingerprint density at radius 1 is 1.43 bits per heavy atom. The quantitative estimate of drug-likeness (QED) is 0.268. The largest absolute Gasteiger partial charge is 0.477 e. The third kappa shape index (κ3) is 3.87. The van der Waals surface area contributed by atoms with Crippen LogP contribution < -0.4 is 5.32 Å². The van der Waals surface area contributed by atoms with E-state index in [4.69, 9.17) is 14.9 Å². The van der Waals surface area contributed by atoms with E-state index >= 15 is 0 Å².